The molecule has 0 radical (unpaired) electrons. The van der Waals surface area contributed by atoms with Crippen molar-refractivity contribution in [2.75, 3.05) is 11.9 Å². The quantitative estimate of drug-likeness (QED) is 0.596. The van der Waals surface area contributed by atoms with Gasteiger partial charge in [0.2, 0.25) is 5.91 Å². The van der Waals surface area contributed by atoms with Gasteiger partial charge >= 0.3 is 6.03 Å². The van der Waals surface area contributed by atoms with Crippen molar-refractivity contribution in [1.82, 2.24) is 20.6 Å². The number of urea groups is 1. The monoisotopic (exact) mass is 391 g/mol. The Bertz CT molecular complexity index is 1050. The average molecular weight is 391 g/mol. The topological polar surface area (TPSA) is 96.0 Å². The number of benzene rings is 1. The van der Waals surface area contributed by atoms with Gasteiger partial charge in [0.1, 0.15) is 5.82 Å². The van der Waals surface area contributed by atoms with Gasteiger partial charge in [-0.15, -0.1) is 0 Å². The molecule has 0 saturated carbocycles. The van der Waals surface area contributed by atoms with Crippen molar-refractivity contribution < 1.29 is 9.59 Å². The largest absolute Gasteiger partial charge is 0.352 e. The highest BCUT2D eigenvalue weighted by Crippen LogP contribution is 2.32. The Morgan fingerprint density at radius 2 is 1.83 bits per heavy atom. The number of nitrogens with one attached hydrogen (secondary N) is 3. The maximum atomic E-state index is 11.9. The average Bonchev–Trinajstić information content (AvgIpc) is 2.71. The van der Waals surface area contributed by atoms with E-state index in [0.717, 1.165) is 33.2 Å². The van der Waals surface area contributed by atoms with Crippen molar-refractivity contribution in [3.05, 3.63) is 54.0 Å². The standard InChI is InChI=1S/C22H25N5O2/c1-4-21(28)26-12-16-6-7-17(15-8-9-24-14(3)10-15)18-11-20(25-13-19(16)18)27-22(29)23-5-2/h6-11,13H,4-5,12H2,1-3H3,(H,26,28)(H2,23,25,27,29). The predicted octanol–water partition coefficient (Wildman–Crippen LogP) is 3.77. The van der Waals surface area contributed by atoms with E-state index in [1.165, 1.54) is 0 Å². The minimum absolute atomic E-state index is 0.00512. The van der Waals surface area contributed by atoms with Gasteiger partial charge in [-0.05, 0) is 54.1 Å². The third kappa shape index (κ3) is 4.87. The number of anilines is 1. The lowest BCUT2D eigenvalue weighted by Crippen LogP contribution is -2.28. The van der Waals surface area contributed by atoms with Gasteiger partial charge in [0.15, 0.2) is 0 Å². The third-order valence-electron chi connectivity index (χ3n) is 4.57. The summed E-state index contributed by atoms with van der Waals surface area (Å²) in [6.07, 6.45) is 3.95. The SMILES string of the molecule is CCNC(=O)Nc1cc2c(-c3ccnc(C)c3)ccc(CNC(=O)CC)c2cn1. The van der Waals surface area contributed by atoms with E-state index in [2.05, 4.69) is 25.9 Å². The molecule has 2 aromatic heterocycles. The molecule has 0 atom stereocenters. The molecule has 7 heteroatoms. The Labute approximate surface area is 170 Å². The van der Waals surface area contributed by atoms with Crippen molar-refractivity contribution in [3.8, 4) is 11.1 Å². The first-order valence-electron chi connectivity index (χ1n) is 9.68. The van der Waals surface area contributed by atoms with Gasteiger partial charge < -0.3 is 10.6 Å². The zero-order valence-corrected chi connectivity index (χ0v) is 16.9. The number of aryl methyl sites for hydroxylation is 1. The van der Waals surface area contributed by atoms with Crippen molar-refractivity contribution >= 4 is 28.5 Å². The molecule has 0 spiro atoms. The molecule has 2 heterocycles. The normalized spacial score (nSPS) is 10.6. The molecule has 0 unspecified atom stereocenters. The first-order valence-corrected chi connectivity index (χ1v) is 9.68. The number of hydrogen-bond acceptors (Lipinski definition) is 4. The number of fused-ring (bicyclic) bond motifs is 1. The fourth-order valence-corrected chi connectivity index (χ4v) is 3.12. The van der Waals surface area contributed by atoms with Crippen LogP contribution >= 0.6 is 0 Å². The van der Waals surface area contributed by atoms with E-state index >= 15 is 0 Å². The fourth-order valence-electron chi connectivity index (χ4n) is 3.12. The Hall–Kier alpha value is -3.48. The maximum Gasteiger partial charge on any atom is 0.320 e. The van der Waals surface area contributed by atoms with Crippen LogP contribution in [0.4, 0.5) is 10.6 Å². The van der Waals surface area contributed by atoms with E-state index in [1.807, 2.05) is 51.1 Å². The van der Waals surface area contributed by atoms with Crippen molar-refractivity contribution in [1.29, 1.82) is 0 Å². The summed E-state index contributed by atoms with van der Waals surface area (Å²) in [5.74, 6) is 0.458. The Kier molecular flexibility index (Phi) is 6.39. The van der Waals surface area contributed by atoms with Gasteiger partial charge in [0.25, 0.3) is 0 Å². The van der Waals surface area contributed by atoms with Crippen LogP contribution in [0.15, 0.2) is 42.7 Å². The summed E-state index contributed by atoms with van der Waals surface area (Å²) >= 11 is 0. The second kappa shape index (κ2) is 9.14. The summed E-state index contributed by atoms with van der Waals surface area (Å²) in [4.78, 5) is 32.3. The predicted molar refractivity (Wildman–Crippen MR) is 115 cm³/mol. The molecule has 0 aliphatic carbocycles. The zero-order chi connectivity index (χ0) is 20.8. The van der Waals surface area contributed by atoms with E-state index in [0.29, 0.717) is 25.3 Å². The third-order valence-corrected chi connectivity index (χ3v) is 4.57. The number of carbonyl (C=O) groups is 2. The number of aromatic nitrogens is 2. The van der Waals surface area contributed by atoms with Crippen molar-refractivity contribution in [2.45, 2.75) is 33.7 Å². The lowest BCUT2D eigenvalue weighted by molar-refractivity contribution is -0.120. The summed E-state index contributed by atoms with van der Waals surface area (Å²) in [5.41, 5.74) is 3.93. The van der Waals surface area contributed by atoms with E-state index in [9.17, 15) is 9.59 Å². The number of amides is 3. The molecule has 150 valence electrons. The lowest BCUT2D eigenvalue weighted by atomic mass is 9.96. The second-order valence-electron chi connectivity index (χ2n) is 6.69. The van der Waals surface area contributed by atoms with Crippen LogP contribution in [0.1, 0.15) is 31.5 Å². The number of carbonyl (C=O) groups excluding carboxylic acids is 2. The Morgan fingerprint density at radius 1 is 1.00 bits per heavy atom. The molecule has 3 N–H and O–H groups in total. The minimum atomic E-state index is -0.299. The first kappa shape index (κ1) is 20.3. The molecule has 1 aromatic carbocycles. The molecule has 3 amide bonds. The molecular formula is C22H25N5O2. The van der Waals surface area contributed by atoms with E-state index < -0.39 is 0 Å². The highest BCUT2D eigenvalue weighted by molar-refractivity contribution is 6.01. The van der Waals surface area contributed by atoms with E-state index in [4.69, 9.17) is 0 Å². The molecule has 0 saturated heterocycles. The Morgan fingerprint density at radius 3 is 2.55 bits per heavy atom. The molecule has 3 aromatic rings. The van der Waals surface area contributed by atoms with Gasteiger partial charge in [-0.1, -0.05) is 19.1 Å². The van der Waals surface area contributed by atoms with Crippen LogP contribution in [0.2, 0.25) is 0 Å². The number of hydrogen-bond donors (Lipinski definition) is 3. The number of rotatable bonds is 6. The van der Waals surface area contributed by atoms with Crippen LogP contribution in [0.25, 0.3) is 21.9 Å². The molecule has 3 rings (SSSR count). The highest BCUT2D eigenvalue weighted by Gasteiger charge is 2.12. The fraction of sp³-hybridized carbons (Fsp3) is 0.273. The second-order valence-corrected chi connectivity index (χ2v) is 6.69. The van der Waals surface area contributed by atoms with Crippen LogP contribution in [0, 0.1) is 6.92 Å². The highest BCUT2D eigenvalue weighted by atomic mass is 16.2. The molecule has 0 aliphatic heterocycles. The van der Waals surface area contributed by atoms with Gasteiger partial charge in [0.05, 0.1) is 0 Å². The van der Waals surface area contributed by atoms with Gasteiger partial charge in [0, 0.05) is 43.0 Å². The first-order chi connectivity index (χ1) is 14.0. The molecular weight excluding hydrogens is 366 g/mol. The molecule has 0 aliphatic rings. The summed E-state index contributed by atoms with van der Waals surface area (Å²) in [6, 6.07) is 9.57. The Balaban J connectivity index is 2.08. The van der Waals surface area contributed by atoms with Crippen LogP contribution < -0.4 is 16.0 Å². The number of nitrogens with zero attached hydrogens (tertiary/aromatic N) is 2. The van der Waals surface area contributed by atoms with Crippen molar-refractivity contribution in [2.24, 2.45) is 0 Å². The number of pyridine rings is 2. The van der Waals surface area contributed by atoms with Crippen LogP contribution in [-0.2, 0) is 11.3 Å². The van der Waals surface area contributed by atoms with Gasteiger partial charge in [-0.25, -0.2) is 9.78 Å². The van der Waals surface area contributed by atoms with Crippen LogP contribution in [0.3, 0.4) is 0 Å². The van der Waals surface area contributed by atoms with Gasteiger partial charge in [-0.3, -0.25) is 15.1 Å². The molecule has 7 nitrogen and oxygen atoms in total. The maximum absolute atomic E-state index is 11.9. The summed E-state index contributed by atoms with van der Waals surface area (Å²) in [6.45, 7) is 6.58. The molecule has 0 fully saturated rings. The summed E-state index contributed by atoms with van der Waals surface area (Å²) in [7, 11) is 0. The van der Waals surface area contributed by atoms with Crippen LogP contribution in [-0.4, -0.2) is 28.5 Å². The van der Waals surface area contributed by atoms with Crippen molar-refractivity contribution in [3.63, 3.8) is 0 Å². The zero-order valence-electron chi connectivity index (χ0n) is 16.9. The summed E-state index contributed by atoms with van der Waals surface area (Å²) in [5, 5.41) is 10.2. The van der Waals surface area contributed by atoms with Gasteiger partial charge in [-0.2, -0.15) is 0 Å². The lowest BCUT2D eigenvalue weighted by Gasteiger charge is -2.14. The van der Waals surface area contributed by atoms with E-state index in [-0.39, 0.29) is 11.9 Å². The summed E-state index contributed by atoms with van der Waals surface area (Å²) < 4.78 is 0. The smallest absolute Gasteiger partial charge is 0.320 e. The molecule has 0 bridgehead atoms. The van der Waals surface area contributed by atoms with E-state index in [1.54, 1.807) is 12.4 Å². The molecule has 29 heavy (non-hydrogen) atoms. The minimum Gasteiger partial charge on any atom is -0.352 e. The van der Waals surface area contributed by atoms with Crippen LogP contribution in [0.5, 0.6) is 0 Å².